The smallest absolute Gasteiger partial charge is 0.239 e. The standard InChI is InChI=1S/C23H31N5O3.HI/c1-16-7-5-8-18(26-16)14-24-22(25-15-21(29)28-23(2,3)4)27-17-9-10-19-20(13-17)31-12-6-11-30-19;/h5,7-10,13H,6,11-12,14-15H2,1-4H3,(H,28,29)(H2,24,25,27);1H. The van der Waals surface area contributed by atoms with E-state index in [1.165, 1.54) is 0 Å². The lowest BCUT2D eigenvalue weighted by molar-refractivity contribution is -0.121. The first-order valence-electron chi connectivity index (χ1n) is 10.5. The van der Waals surface area contributed by atoms with Crippen LogP contribution < -0.4 is 25.4 Å². The molecule has 174 valence electrons. The molecule has 2 aromatic rings. The number of nitrogens with zero attached hydrogens (tertiary/aromatic N) is 2. The highest BCUT2D eigenvalue weighted by atomic mass is 127. The zero-order valence-corrected chi connectivity index (χ0v) is 21.4. The molecule has 0 unspecified atom stereocenters. The van der Waals surface area contributed by atoms with Crippen molar-refractivity contribution in [2.24, 2.45) is 4.99 Å². The maximum absolute atomic E-state index is 12.3. The third kappa shape index (κ3) is 8.52. The van der Waals surface area contributed by atoms with E-state index in [2.05, 4.69) is 25.9 Å². The van der Waals surface area contributed by atoms with Gasteiger partial charge in [0.05, 0.1) is 32.0 Å². The second kappa shape index (κ2) is 11.9. The van der Waals surface area contributed by atoms with E-state index >= 15 is 0 Å². The lowest BCUT2D eigenvalue weighted by Gasteiger charge is -2.21. The highest BCUT2D eigenvalue weighted by molar-refractivity contribution is 14.0. The Morgan fingerprint density at radius 3 is 2.59 bits per heavy atom. The minimum absolute atomic E-state index is 0. The number of nitrogens with one attached hydrogen (secondary N) is 3. The fraction of sp³-hybridized carbons (Fsp3) is 0.435. The number of anilines is 1. The second-order valence-electron chi connectivity index (χ2n) is 8.42. The van der Waals surface area contributed by atoms with Crippen LogP contribution in [0, 0.1) is 6.92 Å². The van der Waals surface area contributed by atoms with Crippen molar-refractivity contribution in [3.05, 3.63) is 47.8 Å². The normalized spacial score (nSPS) is 13.4. The van der Waals surface area contributed by atoms with Gasteiger partial charge in [0, 0.05) is 29.4 Å². The number of guanidine groups is 1. The van der Waals surface area contributed by atoms with Gasteiger partial charge < -0.3 is 25.4 Å². The number of benzene rings is 1. The molecule has 2 heterocycles. The van der Waals surface area contributed by atoms with E-state index in [-0.39, 0.29) is 42.0 Å². The molecule has 0 radical (unpaired) electrons. The lowest BCUT2D eigenvalue weighted by Crippen LogP contribution is -2.46. The number of carbonyl (C=O) groups excluding carboxylic acids is 1. The Labute approximate surface area is 206 Å². The van der Waals surface area contributed by atoms with Crippen LogP contribution >= 0.6 is 24.0 Å². The number of rotatable bonds is 5. The molecule has 0 saturated heterocycles. The zero-order chi connectivity index (χ0) is 22.3. The van der Waals surface area contributed by atoms with Crippen molar-refractivity contribution in [3.8, 4) is 11.5 Å². The number of aromatic nitrogens is 1. The number of amides is 1. The summed E-state index contributed by atoms with van der Waals surface area (Å²) in [6, 6.07) is 11.5. The Balaban J connectivity index is 0.00000363. The number of halogens is 1. The fourth-order valence-electron chi connectivity index (χ4n) is 2.99. The molecule has 3 N–H and O–H groups in total. The van der Waals surface area contributed by atoms with Crippen LogP contribution in [-0.4, -0.2) is 42.1 Å². The first-order chi connectivity index (χ1) is 14.8. The Hall–Kier alpha value is -2.56. The molecule has 0 bridgehead atoms. The van der Waals surface area contributed by atoms with Crippen LogP contribution in [0.4, 0.5) is 5.69 Å². The van der Waals surface area contributed by atoms with E-state index in [1.807, 2.05) is 64.1 Å². The molecule has 0 atom stereocenters. The van der Waals surface area contributed by atoms with Gasteiger partial charge in [-0.3, -0.25) is 9.78 Å². The van der Waals surface area contributed by atoms with Crippen molar-refractivity contribution in [2.45, 2.75) is 46.2 Å². The van der Waals surface area contributed by atoms with Gasteiger partial charge in [0.1, 0.15) is 0 Å². The summed E-state index contributed by atoms with van der Waals surface area (Å²) in [5.41, 5.74) is 2.26. The number of hydrogen-bond acceptors (Lipinski definition) is 5. The monoisotopic (exact) mass is 553 g/mol. The number of carbonyl (C=O) groups is 1. The maximum atomic E-state index is 12.3. The van der Waals surface area contributed by atoms with Gasteiger partial charge in [-0.25, -0.2) is 4.99 Å². The van der Waals surface area contributed by atoms with E-state index in [1.54, 1.807) is 0 Å². The summed E-state index contributed by atoms with van der Waals surface area (Å²) in [6.07, 6.45) is 0.845. The summed E-state index contributed by atoms with van der Waals surface area (Å²) < 4.78 is 11.5. The summed E-state index contributed by atoms with van der Waals surface area (Å²) in [4.78, 5) is 21.4. The van der Waals surface area contributed by atoms with Crippen LogP contribution in [0.5, 0.6) is 11.5 Å². The molecular weight excluding hydrogens is 521 g/mol. The Morgan fingerprint density at radius 1 is 1.12 bits per heavy atom. The molecule has 1 amide bonds. The Kier molecular flexibility index (Phi) is 9.55. The second-order valence-corrected chi connectivity index (χ2v) is 8.42. The molecule has 1 aromatic carbocycles. The van der Waals surface area contributed by atoms with Crippen molar-refractivity contribution in [1.29, 1.82) is 0 Å². The molecule has 0 aliphatic carbocycles. The third-order valence-electron chi connectivity index (χ3n) is 4.29. The van der Waals surface area contributed by atoms with Crippen LogP contribution in [0.25, 0.3) is 0 Å². The molecule has 0 spiro atoms. The minimum atomic E-state index is -0.302. The highest BCUT2D eigenvalue weighted by Gasteiger charge is 2.15. The average Bonchev–Trinajstić information content (AvgIpc) is 2.94. The van der Waals surface area contributed by atoms with E-state index in [0.717, 1.165) is 29.2 Å². The summed E-state index contributed by atoms with van der Waals surface area (Å²) >= 11 is 0. The number of ether oxygens (including phenoxy) is 2. The highest BCUT2D eigenvalue weighted by Crippen LogP contribution is 2.32. The topological polar surface area (TPSA) is 96.9 Å². The molecule has 1 aliphatic rings. The molecule has 8 nitrogen and oxygen atoms in total. The SMILES string of the molecule is Cc1cccc(CN=C(NCC(=O)NC(C)(C)C)Nc2ccc3c(c2)OCCCO3)n1.I. The predicted molar refractivity (Wildman–Crippen MR) is 137 cm³/mol. The van der Waals surface area contributed by atoms with Crippen LogP contribution in [-0.2, 0) is 11.3 Å². The first kappa shape index (κ1) is 25.7. The van der Waals surface area contributed by atoms with E-state index in [0.29, 0.717) is 31.5 Å². The van der Waals surface area contributed by atoms with Crippen molar-refractivity contribution in [2.75, 3.05) is 25.1 Å². The van der Waals surface area contributed by atoms with Crippen molar-refractivity contribution >= 4 is 41.5 Å². The number of hydrogen-bond donors (Lipinski definition) is 3. The Morgan fingerprint density at radius 2 is 1.88 bits per heavy atom. The van der Waals surface area contributed by atoms with Gasteiger partial charge in [0.25, 0.3) is 0 Å². The van der Waals surface area contributed by atoms with Gasteiger partial charge in [-0.05, 0) is 52.0 Å². The molecule has 1 aromatic heterocycles. The number of aliphatic imine (C=N–C) groups is 1. The molecule has 9 heteroatoms. The van der Waals surface area contributed by atoms with E-state index in [9.17, 15) is 4.79 Å². The molecule has 0 saturated carbocycles. The van der Waals surface area contributed by atoms with Crippen LogP contribution in [0.3, 0.4) is 0 Å². The van der Waals surface area contributed by atoms with E-state index < -0.39 is 0 Å². The molecule has 0 fully saturated rings. The van der Waals surface area contributed by atoms with Gasteiger partial charge in [-0.2, -0.15) is 0 Å². The number of aryl methyl sites for hydroxylation is 1. The van der Waals surface area contributed by atoms with Crippen LogP contribution in [0.15, 0.2) is 41.4 Å². The first-order valence-corrected chi connectivity index (χ1v) is 10.5. The van der Waals surface area contributed by atoms with Crippen molar-refractivity contribution in [1.82, 2.24) is 15.6 Å². The summed E-state index contributed by atoms with van der Waals surface area (Å²) in [6.45, 7) is 9.50. The fourth-order valence-corrected chi connectivity index (χ4v) is 2.99. The van der Waals surface area contributed by atoms with Crippen molar-refractivity contribution < 1.29 is 14.3 Å². The summed E-state index contributed by atoms with van der Waals surface area (Å²) in [7, 11) is 0. The molecular formula is C23H32IN5O3. The predicted octanol–water partition coefficient (Wildman–Crippen LogP) is 3.64. The number of pyridine rings is 1. The molecule has 1 aliphatic heterocycles. The Bertz CT molecular complexity index is 943. The van der Waals surface area contributed by atoms with Gasteiger partial charge in [0.15, 0.2) is 17.5 Å². The van der Waals surface area contributed by atoms with Gasteiger partial charge in [-0.1, -0.05) is 6.07 Å². The molecule has 32 heavy (non-hydrogen) atoms. The molecule has 3 rings (SSSR count). The van der Waals surface area contributed by atoms with Gasteiger partial charge >= 0.3 is 0 Å². The van der Waals surface area contributed by atoms with Crippen LogP contribution in [0.2, 0.25) is 0 Å². The van der Waals surface area contributed by atoms with Gasteiger partial charge in [0.2, 0.25) is 5.91 Å². The summed E-state index contributed by atoms with van der Waals surface area (Å²) in [5.74, 6) is 1.77. The minimum Gasteiger partial charge on any atom is -0.490 e. The summed E-state index contributed by atoms with van der Waals surface area (Å²) in [5, 5.41) is 9.28. The maximum Gasteiger partial charge on any atom is 0.239 e. The van der Waals surface area contributed by atoms with E-state index in [4.69, 9.17) is 9.47 Å². The third-order valence-corrected chi connectivity index (χ3v) is 4.29. The van der Waals surface area contributed by atoms with Crippen molar-refractivity contribution in [3.63, 3.8) is 0 Å². The van der Waals surface area contributed by atoms with Crippen LogP contribution in [0.1, 0.15) is 38.6 Å². The lowest BCUT2D eigenvalue weighted by atomic mass is 10.1. The zero-order valence-electron chi connectivity index (χ0n) is 19.0. The quantitative estimate of drug-likeness (QED) is 0.297. The average molecular weight is 553 g/mol. The largest absolute Gasteiger partial charge is 0.490 e. The van der Waals surface area contributed by atoms with Gasteiger partial charge in [-0.15, -0.1) is 24.0 Å². The number of fused-ring (bicyclic) bond motifs is 1.